The van der Waals surface area contributed by atoms with Gasteiger partial charge in [0.2, 0.25) is 0 Å². The molecule has 0 atom stereocenters. The fourth-order valence-corrected chi connectivity index (χ4v) is 2.63. The molecule has 1 aliphatic carbocycles. The predicted octanol–water partition coefficient (Wildman–Crippen LogP) is 2.74. The van der Waals surface area contributed by atoms with Crippen molar-refractivity contribution in [3.8, 4) is 5.75 Å². The lowest BCUT2D eigenvalue weighted by Gasteiger charge is -2.31. The van der Waals surface area contributed by atoms with Crippen molar-refractivity contribution in [3.63, 3.8) is 0 Å². The molecule has 0 saturated heterocycles. The molecule has 0 bridgehead atoms. The molecule has 122 valence electrons. The van der Waals surface area contributed by atoms with Crippen LogP contribution in [0.5, 0.6) is 5.75 Å². The highest BCUT2D eigenvalue weighted by atomic mass is 35.5. The molecule has 1 aliphatic rings. The molecule has 5 nitrogen and oxygen atoms in total. The van der Waals surface area contributed by atoms with Gasteiger partial charge >= 0.3 is 6.61 Å². The number of aromatic nitrogens is 1. The van der Waals surface area contributed by atoms with Crippen LogP contribution >= 0.6 is 11.6 Å². The summed E-state index contributed by atoms with van der Waals surface area (Å²) in [6.07, 6.45) is 2.06. The first kappa shape index (κ1) is 15.9. The highest BCUT2D eigenvalue weighted by molar-refractivity contribution is 6.32. The second kappa shape index (κ2) is 6.25. The van der Waals surface area contributed by atoms with E-state index in [-0.39, 0.29) is 28.8 Å². The van der Waals surface area contributed by atoms with Crippen LogP contribution < -0.4 is 10.1 Å². The summed E-state index contributed by atoms with van der Waals surface area (Å²) in [5.41, 5.74) is 0.721. The average molecular weight is 343 g/mol. The molecular weight excluding hydrogens is 330 g/mol. The van der Waals surface area contributed by atoms with E-state index in [1.807, 2.05) is 0 Å². The number of fused-ring (bicyclic) bond motifs is 1. The van der Waals surface area contributed by atoms with Gasteiger partial charge in [-0.1, -0.05) is 11.6 Å². The number of alkyl halides is 2. The van der Waals surface area contributed by atoms with Gasteiger partial charge < -0.3 is 15.2 Å². The van der Waals surface area contributed by atoms with E-state index in [4.69, 9.17) is 11.6 Å². The number of ether oxygens (including phenoxy) is 1. The van der Waals surface area contributed by atoms with Crippen LogP contribution in [-0.2, 0) is 0 Å². The Balaban J connectivity index is 1.82. The number of rotatable bonds is 4. The number of halogens is 3. The second-order valence-electron chi connectivity index (χ2n) is 5.37. The van der Waals surface area contributed by atoms with E-state index in [1.165, 1.54) is 18.3 Å². The molecule has 1 heterocycles. The van der Waals surface area contributed by atoms with E-state index in [1.54, 1.807) is 6.07 Å². The van der Waals surface area contributed by atoms with Gasteiger partial charge in [-0.2, -0.15) is 8.78 Å². The Hall–Kier alpha value is -1.99. The van der Waals surface area contributed by atoms with Crippen molar-refractivity contribution in [2.45, 2.75) is 31.6 Å². The Kier molecular flexibility index (Phi) is 4.32. The molecule has 1 aromatic carbocycles. The lowest BCUT2D eigenvalue weighted by atomic mass is 9.89. The zero-order valence-corrected chi connectivity index (χ0v) is 12.6. The molecule has 0 radical (unpaired) electrons. The van der Waals surface area contributed by atoms with E-state index in [9.17, 15) is 18.7 Å². The summed E-state index contributed by atoms with van der Waals surface area (Å²) in [4.78, 5) is 16.2. The lowest BCUT2D eigenvalue weighted by Crippen LogP contribution is -2.46. The highest BCUT2D eigenvalue weighted by Gasteiger charge is 2.28. The molecule has 8 heteroatoms. The summed E-state index contributed by atoms with van der Waals surface area (Å²) < 4.78 is 28.9. The predicted molar refractivity (Wildman–Crippen MR) is 79.9 cm³/mol. The highest BCUT2D eigenvalue weighted by Crippen LogP contribution is 2.30. The molecule has 1 saturated carbocycles. The fraction of sp³-hybridized carbons (Fsp3) is 0.333. The van der Waals surface area contributed by atoms with Crippen LogP contribution in [0.4, 0.5) is 8.78 Å². The number of benzene rings is 1. The zero-order chi connectivity index (χ0) is 16.6. The summed E-state index contributed by atoms with van der Waals surface area (Å²) in [5, 5.41) is 12.6. The van der Waals surface area contributed by atoms with E-state index < -0.39 is 6.61 Å². The molecule has 3 rings (SSSR count). The molecule has 1 amide bonds. The van der Waals surface area contributed by atoms with Crippen LogP contribution in [0.2, 0.25) is 5.02 Å². The van der Waals surface area contributed by atoms with Gasteiger partial charge in [0.25, 0.3) is 5.91 Å². The van der Waals surface area contributed by atoms with Crippen molar-refractivity contribution < 1.29 is 23.4 Å². The molecule has 0 aliphatic heterocycles. The second-order valence-corrected chi connectivity index (χ2v) is 5.78. The number of pyridine rings is 1. The van der Waals surface area contributed by atoms with Gasteiger partial charge in [-0.25, -0.2) is 0 Å². The first-order chi connectivity index (χ1) is 10.9. The van der Waals surface area contributed by atoms with Gasteiger partial charge in [-0.05, 0) is 25.0 Å². The van der Waals surface area contributed by atoms with Crippen LogP contribution in [-0.4, -0.2) is 34.8 Å². The number of nitrogens with zero attached hydrogens (tertiary/aromatic N) is 1. The maximum absolute atomic E-state index is 12.3. The number of aliphatic hydroxyl groups excluding tert-OH is 1. The van der Waals surface area contributed by atoms with Crippen LogP contribution in [0.3, 0.4) is 0 Å². The van der Waals surface area contributed by atoms with Crippen LogP contribution in [0.15, 0.2) is 24.4 Å². The number of nitrogens with one attached hydrogen (secondary N) is 1. The Labute approximate surface area is 135 Å². The molecule has 23 heavy (non-hydrogen) atoms. The third-order valence-electron chi connectivity index (χ3n) is 3.66. The minimum atomic E-state index is -2.98. The summed E-state index contributed by atoms with van der Waals surface area (Å²) in [6, 6.07) is 4.25. The van der Waals surface area contributed by atoms with E-state index in [0.29, 0.717) is 29.3 Å². The SMILES string of the molecule is O=C(N[C@H]1C[C@H](O)C1)c1cnc2cc(OC(F)F)c(Cl)cc2c1. The standard InChI is InChI=1S/C15H13ClF2N2O3/c16-11-2-7-1-8(14(22)20-9-3-10(21)4-9)6-19-12(7)5-13(11)23-15(17)18/h1-2,5-6,9-10,15,21H,3-4H2,(H,20,22)/t9-,10-. The molecule has 2 aromatic rings. The monoisotopic (exact) mass is 342 g/mol. The van der Waals surface area contributed by atoms with Crippen LogP contribution in [0.25, 0.3) is 10.9 Å². The number of hydrogen-bond donors (Lipinski definition) is 2. The Bertz CT molecular complexity index is 751. The largest absolute Gasteiger partial charge is 0.433 e. The Morgan fingerprint density at radius 2 is 2.13 bits per heavy atom. The number of carbonyl (C=O) groups excluding carboxylic acids is 1. The Morgan fingerprint density at radius 3 is 2.78 bits per heavy atom. The molecular formula is C15H13ClF2N2O3. The van der Waals surface area contributed by atoms with Crippen molar-refractivity contribution in [1.29, 1.82) is 0 Å². The fourth-order valence-electron chi connectivity index (χ4n) is 2.41. The van der Waals surface area contributed by atoms with E-state index in [0.717, 1.165) is 0 Å². The van der Waals surface area contributed by atoms with Crippen molar-refractivity contribution in [2.75, 3.05) is 0 Å². The van der Waals surface area contributed by atoms with Crippen molar-refractivity contribution in [1.82, 2.24) is 10.3 Å². The minimum Gasteiger partial charge on any atom is -0.433 e. The number of amides is 1. The summed E-state index contributed by atoms with van der Waals surface area (Å²) in [7, 11) is 0. The third kappa shape index (κ3) is 3.51. The van der Waals surface area contributed by atoms with Crippen molar-refractivity contribution in [2.24, 2.45) is 0 Å². The normalized spacial score (nSPS) is 20.4. The first-order valence-corrected chi connectivity index (χ1v) is 7.33. The molecule has 1 aromatic heterocycles. The van der Waals surface area contributed by atoms with E-state index in [2.05, 4.69) is 15.0 Å². The molecule has 1 fully saturated rings. The zero-order valence-electron chi connectivity index (χ0n) is 11.8. The summed E-state index contributed by atoms with van der Waals surface area (Å²) >= 11 is 5.90. The first-order valence-electron chi connectivity index (χ1n) is 6.95. The molecule has 0 spiro atoms. The third-order valence-corrected chi connectivity index (χ3v) is 3.96. The number of aliphatic hydroxyl groups is 1. The topological polar surface area (TPSA) is 71.5 Å². The maximum atomic E-state index is 12.3. The number of hydrogen-bond acceptors (Lipinski definition) is 4. The van der Waals surface area contributed by atoms with Crippen molar-refractivity contribution >= 4 is 28.4 Å². The van der Waals surface area contributed by atoms with Crippen molar-refractivity contribution in [3.05, 3.63) is 35.0 Å². The average Bonchev–Trinajstić information content (AvgIpc) is 2.45. The smallest absolute Gasteiger partial charge is 0.387 e. The maximum Gasteiger partial charge on any atom is 0.387 e. The van der Waals surface area contributed by atoms with Crippen LogP contribution in [0.1, 0.15) is 23.2 Å². The van der Waals surface area contributed by atoms with Gasteiger partial charge in [-0.3, -0.25) is 9.78 Å². The summed E-state index contributed by atoms with van der Waals surface area (Å²) in [6.45, 7) is -2.98. The van der Waals surface area contributed by atoms with E-state index >= 15 is 0 Å². The van der Waals surface area contributed by atoms with Crippen LogP contribution in [0, 0.1) is 0 Å². The van der Waals surface area contributed by atoms with Gasteiger partial charge in [0.15, 0.2) is 0 Å². The molecule has 2 N–H and O–H groups in total. The summed E-state index contributed by atoms with van der Waals surface area (Å²) in [5.74, 6) is -0.470. The quantitative estimate of drug-likeness (QED) is 0.896. The molecule has 0 unspecified atom stereocenters. The lowest BCUT2D eigenvalue weighted by molar-refractivity contribution is -0.0497. The Morgan fingerprint density at radius 1 is 1.39 bits per heavy atom. The van der Waals surface area contributed by atoms with Gasteiger partial charge in [0, 0.05) is 23.7 Å². The van der Waals surface area contributed by atoms with Gasteiger partial charge in [0.05, 0.1) is 22.2 Å². The number of carbonyl (C=O) groups is 1. The van der Waals surface area contributed by atoms with Gasteiger partial charge in [-0.15, -0.1) is 0 Å². The minimum absolute atomic E-state index is 0.0132. The van der Waals surface area contributed by atoms with Gasteiger partial charge in [0.1, 0.15) is 5.75 Å².